The molecule has 2 aromatic carbocycles. The van der Waals surface area contributed by atoms with E-state index in [2.05, 4.69) is 4.98 Å². The zero-order valence-electron chi connectivity index (χ0n) is 15.5. The highest BCUT2D eigenvalue weighted by Crippen LogP contribution is 2.32. The number of anilines is 2. The van der Waals surface area contributed by atoms with Crippen LogP contribution in [0.4, 0.5) is 16.3 Å². The number of carbonyl (C=O) groups is 1. The van der Waals surface area contributed by atoms with Crippen LogP contribution in [0.25, 0.3) is 5.69 Å². The van der Waals surface area contributed by atoms with Gasteiger partial charge in [0, 0.05) is 35.7 Å². The van der Waals surface area contributed by atoms with Crippen molar-refractivity contribution in [2.45, 2.75) is 24.9 Å². The first-order valence-electron chi connectivity index (χ1n) is 9.07. The molecule has 4 rings (SSSR count). The third kappa shape index (κ3) is 3.53. The van der Waals surface area contributed by atoms with Gasteiger partial charge in [0.15, 0.2) is 5.16 Å². The molecule has 142 valence electrons. The number of nitrogens with two attached hydrogens (primary N) is 1. The van der Waals surface area contributed by atoms with Gasteiger partial charge < -0.3 is 10.6 Å². The first-order chi connectivity index (χ1) is 13.5. The third-order valence-corrected chi connectivity index (χ3v) is 5.55. The predicted molar refractivity (Wildman–Crippen MR) is 112 cm³/mol. The number of carbonyl (C=O) groups excluding carboxylic acids is 1. The number of amides is 1. The number of aryl methyl sites for hydroxylation is 2. The molecular weight excluding hydrogens is 372 g/mol. The molecule has 1 aromatic heterocycles. The Labute approximate surface area is 167 Å². The predicted octanol–water partition coefficient (Wildman–Crippen LogP) is 3.79. The summed E-state index contributed by atoms with van der Waals surface area (Å²) in [4.78, 5) is 30.9. The maximum absolute atomic E-state index is 13.1. The number of hydrogen-bond acceptors (Lipinski definition) is 5. The molecular formula is C21H20N4O2S. The Hall–Kier alpha value is -3.06. The number of benzene rings is 2. The van der Waals surface area contributed by atoms with E-state index >= 15 is 0 Å². The summed E-state index contributed by atoms with van der Waals surface area (Å²) >= 11 is 0.928. The summed E-state index contributed by atoms with van der Waals surface area (Å²) < 4.78 is 1.65. The van der Waals surface area contributed by atoms with Crippen LogP contribution >= 0.6 is 11.8 Å². The molecule has 0 radical (unpaired) electrons. The molecule has 28 heavy (non-hydrogen) atoms. The lowest BCUT2D eigenvalue weighted by molar-refractivity contribution is 0.264. The number of aromatic nitrogens is 2. The van der Waals surface area contributed by atoms with E-state index in [0.29, 0.717) is 6.54 Å². The van der Waals surface area contributed by atoms with Gasteiger partial charge in [-0.05, 0) is 49.1 Å². The largest absolute Gasteiger partial charge is 0.385 e. The molecule has 2 N–H and O–H groups in total. The molecule has 0 saturated carbocycles. The summed E-state index contributed by atoms with van der Waals surface area (Å²) in [6, 6.07) is 16.9. The SMILES string of the molecule is Cc1cccc(-n2c(N)cc(=O)nc2SC(=O)N2CCCc3ccccc32)c1. The van der Waals surface area contributed by atoms with Gasteiger partial charge in [0.1, 0.15) is 5.82 Å². The highest BCUT2D eigenvalue weighted by atomic mass is 32.2. The molecule has 0 unspecified atom stereocenters. The van der Waals surface area contributed by atoms with Gasteiger partial charge in [-0.15, -0.1) is 0 Å². The molecule has 7 heteroatoms. The minimum Gasteiger partial charge on any atom is -0.385 e. The number of nitrogens with zero attached hydrogens (tertiary/aromatic N) is 3. The molecule has 3 aromatic rings. The van der Waals surface area contributed by atoms with E-state index in [1.165, 1.54) is 6.07 Å². The minimum atomic E-state index is -0.462. The van der Waals surface area contributed by atoms with Crippen LogP contribution in [0.1, 0.15) is 17.5 Å². The summed E-state index contributed by atoms with van der Waals surface area (Å²) in [6.45, 7) is 2.61. The Morgan fingerprint density at radius 3 is 2.79 bits per heavy atom. The average molecular weight is 392 g/mol. The van der Waals surface area contributed by atoms with Crippen LogP contribution in [0, 0.1) is 6.92 Å². The fraction of sp³-hybridized carbons (Fsp3) is 0.190. The second-order valence-electron chi connectivity index (χ2n) is 6.73. The summed E-state index contributed by atoms with van der Waals surface area (Å²) in [5, 5.41) is 0.0923. The van der Waals surface area contributed by atoms with Crippen LogP contribution in [0.5, 0.6) is 0 Å². The number of thioether (sulfide) groups is 1. The molecule has 0 aliphatic carbocycles. The lowest BCUT2D eigenvalue weighted by Gasteiger charge is -2.29. The molecule has 0 saturated heterocycles. The number of rotatable bonds is 2. The molecule has 0 spiro atoms. The quantitative estimate of drug-likeness (QED) is 0.530. The Morgan fingerprint density at radius 1 is 1.14 bits per heavy atom. The van der Waals surface area contributed by atoms with Crippen LogP contribution in [0.15, 0.2) is 64.5 Å². The molecule has 1 aliphatic rings. The van der Waals surface area contributed by atoms with Crippen LogP contribution < -0.4 is 16.2 Å². The van der Waals surface area contributed by atoms with Gasteiger partial charge in [0.2, 0.25) is 0 Å². The molecule has 0 atom stereocenters. The molecule has 2 heterocycles. The standard InChI is InChI=1S/C21H20N4O2S/c1-14-6-4-9-16(12-14)25-18(22)13-19(26)23-20(25)28-21(27)24-11-5-8-15-7-2-3-10-17(15)24/h2-4,6-7,9-10,12-13H,5,8,11,22H2,1H3. The minimum absolute atomic E-state index is 0.175. The van der Waals surface area contributed by atoms with Gasteiger partial charge in [-0.2, -0.15) is 4.98 Å². The summed E-state index contributed by atoms with van der Waals surface area (Å²) in [6.07, 6.45) is 1.85. The van der Waals surface area contributed by atoms with Crippen molar-refractivity contribution in [2.75, 3.05) is 17.2 Å². The van der Waals surface area contributed by atoms with Crippen molar-refractivity contribution in [3.63, 3.8) is 0 Å². The van der Waals surface area contributed by atoms with E-state index in [1.54, 1.807) is 9.47 Å². The number of hydrogen-bond donors (Lipinski definition) is 1. The highest BCUT2D eigenvalue weighted by molar-refractivity contribution is 8.13. The van der Waals surface area contributed by atoms with Crippen LogP contribution in [0.3, 0.4) is 0 Å². The molecule has 0 bridgehead atoms. The zero-order chi connectivity index (χ0) is 19.7. The van der Waals surface area contributed by atoms with Crippen molar-refractivity contribution in [3.8, 4) is 5.69 Å². The Morgan fingerprint density at radius 2 is 1.96 bits per heavy atom. The van der Waals surface area contributed by atoms with Gasteiger partial charge >= 0.3 is 0 Å². The van der Waals surface area contributed by atoms with Crippen LogP contribution in [-0.2, 0) is 6.42 Å². The molecule has 0 fully saturated rings. The maximum atomic E-state index is 13.1. The van der Waals surface area contributed by atoms with E-state index in [9.17, 15) is 9.59 Å². The third-order valence-electron chi connectivity index (χ3n) is 4.70. The highest BCUT2D eigenvalue weighted by Gasteiger charge is 2.25. The fourth-order valence-corrected chi connectivity index (χ4v) is 4.32. The Bertz CT molecular complexity index is 1110. The van der Waals surface area contributed by atoms with Crippen molar-refractivity contribution in [3.05, 3.63) is 76.1 Å². The van der Waals surface area contributed by atoms with Gasteiger partial charge in [0.05, 0.1) is 0 Å². The zero-order valence-corrected chi connectivity index (χ0v) is 16.3. The van der Waals surface area contributed by atoms with Gasteiger partial charge in [0.25, 0.3) is 10.8 Å². The lowest BCUT2D eigenvalue weighted by atomic mass is 10.0. The van der Waals surface area contributed by atoms with Gasteiger partial charge in [-0.3, -0.25) is 14.2 Å². The van der Waals surface area contributed by atoms with Crippen molar-refractivity contribution in [2.24, 2.45) is 0 Å². The first kappa shape index (κ1) is 18.3. The number of nitrogen functional groups attached to an aromatic ring is 1. The number of fused-ring (bicyclic) bond motifs is 1. The summed E-state index contributed by atoms with van der Waals surface area (Å²) in [5.41, 5.74) is 9.53. The molecule has 6 nitrogen and oxygen atoms in total. The molecule has 1 amide bonds. The Kier molecular flexibility index (Phi) is 4.92. The van der Waals surface area contributed by atoms with Crippen LogP contribution in [-0.4, -0.2) is 21.3 Å². The van der Waals surface area contributed by atoms with Crippen molar-refractivity contribution < 1.29 is 4.79 Å². The van der Waals surface area contributed by atoms with Crippen molar-refractivity contribution in [1.82, 2.24) is 9.55 Å². The smallest absolute Gasteiger partial charge is 0.293 e. The van der Waals surface area contributed by atoms with E-state index in [4.69, 9.17) is 5.73 Å². The first-order valence-corrected chi connectivity index (χ1v) is 9.88. The van der Waals surface area contributed by atoms with Crippen LogP contribution in [0.2, 0.25) is 0 Å². The van der Waals surface area contributed by atoms with Gasteiger partial charge in [-0.1, -0.05) is 30.3 Å². The van der Waals surface area contributed by atoms with E-state index in [1.807, 2.05) is 55.5 Å². The lowest BCUT2D eigenvalue weighted by Crippen LogP contribution is -2.33. The number of para-hydroxylation sites is 1. The summed E-state index contributed by atoms with van der Waals surface area (Å²) in [7, 11) is 0. The second-order valence-corrected chi connectivity index (χ2v) is 7.65. The van der Waals surface area contributed by atoms with Gasteiger partial charge in [-0.25, -0.2) is 0 Å². The van der Waals surface area contributed by atoms with Crippen molar-refractivity contribution >= 4 is 28.5 Å². The monoisotopic (exact) mass is 392 g/mol. The average Bonchev–Trinajstić information content (AvgIpc) is 2.67. The van der Waals surface area contributed by atoms with E-state index < -0.39 is 5.56 Å². The van der Waals surface area contributed by atoms with E-state index in [0.717, 1.165) is 47.1 Å². The fourth-order valence-electron chi connectivity index (χ4n) is 3.43. The topological polar surface area (TPSA) is 81.2 Å². The Balaban J connectivity index is 1.73. The van der Waals surface area contributed by atoms with E-state index in [-0.39, 0.29) is 16.2 Å². The maximum Gasteiger partial charge on any atom is 0.293 e. The van der Waals surface area contributed by atoms with Crippen molar-refractivity contribution in [1.29, 1.82) is 0 Å². The second kappa shape index (κ2) is 7.52. The molecule has 1 aliphatic heterocycles. The summed E-state index contributed by atoms with van der Waals surface area (Å²) in [5.74, 6) is 0.250. The normalized spacial score (nSPS) is 13.2.